The number of benzene rings is 1. The van der Waals surface area contributed by atoms with Gasteiger partial charge in [0.25, 0.3) is 0 Å². The molecule has 0 saturated heterocycles. The van der Waals surface area contributed by atoms with E-state index in [0.29, 0.717) is 0 Å². The number of nitrogens with zero attached hydrogens (tertiary/aromatic N) is 1. The molecule has 0 aliphatic heterocycles. The second-order valence-electron chi connectivity index (χ2n) is 4.12. The molecule has 2 unspecified atom stereocenters. The van der Waals surface area contributed by atoms with E-state index in [1.54, 1.807) is 0 Å². The van der Waals surface area contributed by atoms with Gasteiger partial charge in [0.1, 0.15) is 11.9 Å². The lowest BCUT2D eigenvalue weighted by atomic mass is 10.2. The van der Waals surface area contributed by atoms with Gasteiger partial charge >= 0.3 is 5.69 Å². The van der Waals surface area contributed by atoms with Gasteiger partial charge in [0, 0.05) is 18.2 Å². The quantitative estimate of drug-likeness (QED) is 0.647. The molecule has 17 heavy (non-hydrogen) atoms. The highest BCUT2D eigenvalue weighted by Gasteiger charge is 2.28. The zero-order valence-corrected chi connectivity index (χ0v) is 9.14. The summed E-state index contributed by atoms with van der Waals surface area (Å²) < 4.78 is 18.5. The van der Waals surface area contributed by atoms with Crippen LogP contribution in [0.15, 0.2) is 18.2 Å². The first-order chi connectivity index (χ1) is 8.08. The Morgan fingerprint density at radius 1 is 1.47 bits per heavy atom. The van der Waals surface area contributed by atoms with Crippen molar-refractivity contribution in [3.8, 4) is 5.75 Å². The Hall–Kier alpha value is -1.69. The molecule has 0 radical (unpaired) electrons. The van der Waals surface area contributed by atoms with Crippen molar-refractivity contribution < 1.29 is 14.1 Å². The SMILES string of the molecule is NC1CCCC1Oc1cc(F)ccc1[N+](=O)[O-]. The largest absolute Gasteiger partial charge is 0.482 e. The first kappa shape index (κ1) is 11.8. The summed E-state index contributed by atoms with van der Waals surface area (Å²) in [5, 5.41) is 10.8. The Morgan fingerprint density at radius 2 is 2.24 bits per heavy atom. The number of hydrogen-bond donors (Lipinski definition) is 1. The van der Waals surface area contributed by atoms with Crippen molar-refractivity contribution in [1.29, 1.82) is 0 Å². The minimum atomic E-state index is -0.588. The molecule has 1 fully saturated rings. The van der Waals surface area contributed by atoms with E-state index in [2.05, 4.69) is 0 Å². The normalized spacial score (nSPS) is 23.6. The van der Waals surface area contributed by atoms with E-state index in [9.17, 15) is 14.5 Å². The zero-order chi connectivity index (χ0) is 12.4. The highest BCUT2D eigenvalue weighted by Crippen LogP contribution is 2.31. The molecule has 1 saturated carbocycles. The molecule has 1 aliphatic rings. The number of nitrogens with two attached hydrogens (primary N) is 1. The van der Waals surface area contributed by atoms with Crippen molar-refractivity contribution in [1.82, 2.24) is 0 Å². The third-order valence-electron chi connectivity index (χ3n) is 2.90. The van der Waals surface area contributed by atoms with Gasteiger partial charge in [-0.05, 0) is 25.3 Å². The number of rotatable bonds is 3. The van der Waals surface area contributed by atoms with Gasteiger partial charge in [0.05, 0.1) is 4.92 Å². The van der Waals surface area contributed by atoms with Gasteiger partial charge in [-0.15, -0.1) is 0 Å². The molecule has 0 heterocycles. The van der Waals surface area contributed by atoms with E-state index in [1.165, 1.54) is 0 Å². The molecule has 5 nitrogen and oxygen atoms in total. The van der Waals surface area contributed by atoms with Gasteiger partial charge in [-0.2, -0.15) is 0 Å². The van der Waals surface area contributed by atoms with Crippen molar-refractivity contribution in [2.45, 2.75) is 31.4 Å². The molecule has 6 heteroatoms. The van der Waals surface area contributed by atoms with Gasteiger partial charge in [0.15, 0.2) is 5.75 Å². The Kier molecular flexibility index (Phi) is 3.23. The lowest BCUT2D eigenvalue weighted by Gasteiger charge is -2.17. The van der Waals surface area contributed by atoms with E-state index >= 15 is 0 Å². The molecule has 1 aromatic rings. The molecular formula is C11H13FN2O3. The van der Waals surface area contributed by atoms with Crippen molar-refractivity contribution in [3.63, 3.8) is 0 Å². The van der Waals surface area contributed by atoms with Crippen molar-refractivity contribution in [2.75, 3.05) is 0 Å². The molecule has 0 bridgehead atoms. The van der Waals surface area contributed by atoms with Crippen LogP contribution in [0.2, 0.25) is 0 Å². The van der Waals surface area contributed by atoms with Crippen LogP contribution in [0, 0.1) is 15.9 Å². The van der Waals surface area contributed by atoms with Crippen LogP contribution < -0.4 is 10.5 Å². The Morgan fingerprint density at radius 3 is 2.82 bits per heavy atom. The van der Waals surface area contributed by atoms with Gasteiger partial charge in [0.2, 0.25) is 0 Å². The minimum absolute atomic E-state index is 0.0441. The van der Waals surface area contributed by atoms with Crippen LogP contribution in [0.4, 0.5) is 10.1 Å². The Bertz CT molecular complexity index is 439. The van der Waals surface area contributed by atoms with Crippen LogP contribution in [0.1, 0.15) is 19.3 Å². The summed E-state index contributed by atoms with van der Waals surface area (Å²) in [5.41, 5.74) is 5.57. The van der Waals surface area contributed by atoms with Crippen LogP contribution in [-0.4, -0.2) is 17.1 Å². The molecule has 1 aliphatic carbocycles. The summed E-state index contributed by atoms with van der Waals surface area (Å²) in [7, 11) is 0. The lowest BCUT2D eigenvalue weighted by Crippen LogP contribution is -2.33. The van der Waals surface area contributed by atoms with Crippen LogP contribution in [-0.2, 0) is 0 Å². The summed E-state index contributed by atoms with van der Waals surface area (Å²) in [6.07, 6.45) is 2.23. The summed E-state index contributed by atoms with van der Waals surface area (Å²) in [6.45, 7) is 0. The fraction of sp³-hybridized carbons (Fsp3) is 0.455. The average molecular weight is 240 g/mol. The highest BCUT2D eigenvalue weighted by molar-refractivity contribution is 5.46. The maximum atomic E-state index is 13.0. The van der Waals surface area contributed by atoms with E-state index in [4.69, 9.17) is 10.5 Å². The van der Waals surface area contributed by atoms with Crippen LogP contribution in [0.25, 0.3) is 0 Å². The molecule has 2 rings (SSSR count). The predicted octanol–water partition coefficient (Wildman–Crippen LogP) is 1.99. The third-order valence-corrected chi connectivity index (χ3v) is 2.90. The van der Waals surface area contributed by atoms with Gasteiger partial charge in [-0.1, -0.05) is 0 Å². The van der Waals surface area contributed by atoms with Gasteiger partial charge in [-0.3, -0.25) is 10.1 Å². The maximum Gasteiger partial charge on any atom is 0.311 e. The smallest absolute Gasteiger partial charge is 0.311 e. The summed E-state index contributed by atoms with van der Waals surface area (Å²) in [6, 6.07) is 3.03. The standard InChI is InChI=1S/C11H13FN2O3/c12-7-4-5-9(14(15)16)11(6-7)17-10-3-1-2-8(10)13/h4-6,8,10H,1-3,13H2. The first-order valence-electron chi connectivity index (χ1n) is 5.44. The van der Waals surface area contributed by atoms with Crippen LogP contribution in [0.3, 0.4) is 0 Å². The maximum absolute atomic E-state index is 13.0. The van der Waals surface area contributed by atoms with Crippen molar-refractivity contribution >= 4 is 5.69 Å². The topological polar surface area (TPSA) is 78.4 Å². The van der Waals surface area contributed by atoms with E-state index in [0.717, 1.165) is 37.5 Å². The summed E-state index contributed by atoms with van der Waals surface area (Å²) >= 11 is 0. The fourth-order valence-electron chi connectivity index (χ4n) is 2.00. The molecule has 2 N–H and O–H groups in total. The van der Waals surface area contributed by atoms with Crippen molar-refractivity contribution in [3.05, 3.63) is 34.1 Å². The number of nitro groups is 1. The second kappa shape index (κ2) is 4.67. The van der Waals surface area contributed by atoms with Crippen LogP contribution >= 0.6 is 0 Å². The molecular weight excluding hydrogens is 227 g/mol. The molecule has 1 aromatic carbocycles. The molecule has 0 aromatic heterocycles. The lowest BCUT2D eigenvalue weighted by molar-refractivity contribution is -0.386. The monoisotopic (exact) mass is 240 g/mol. The summed E-state index contributed by atoms with van der Waals surface area (Å²) in [5.74, 6) is -0.602. The Labute approximate surface area is 97.5 Å². The summed E-state index contributed by atoms with van der Waals surface area (Å²) in [4.78, 5) is 10.2. The predicted molar refractivity (Wildman–Crippen MR) is 59.3 cm³/mol. The molecule has 0 spiro atoms. The Balaban J connectivity index is 2.24. The highest BCUT2D eigenvalue weighted by atomic mass is 19.1. The molecule has 2 atom stereocenters. The molecule has 0 amide bonds. The first-order valence-corrected chi connectivity index (χ1v) is 5.44. The third kappa shape index (κ3) is 2.52. The fourth-order valence-corrected chi connectivity index (χ4v) is 2.00. The van der Waals surface area contributed by atoms with E-state index in [1.807, 2.05) is 0 Å². The molecule has 92 valence electrons. The van der Waals surface area contributed by atoms with Crippen molar-refractivity contribution in [2.24, 2.45) is 5.73 Å². The van der Waals surface area contributed by atoms with E-state index in [-0.39, 0.29) is 23.6 Å². The number of ether oxygens (including phenoxy) is 1. The van der Waals surface area contributed by atoms with Gasteiger partial charge < -0.3 is 10.5 Å². The average Bonchev–Trinajstić information content (AvgIpc) is 2.64. The minimum Gasteiger partial charge on any atom is -0.482 e. The number of nitro benzene ring substituents is 1. The zero-order valence-electron chi connectivity index (χ0n) is 9.14. The van der Waals surface area contributed by atoms with E-state index < -0.39 is 10.7 Å². The van der Waals surface area contributed by atoms with Crippen LogP contribution in [0.5, 0.6) is 5.75 Å². The second-order valence-corrected chi connectivity index (χ2v) is 4.12. The number of hydrogen-bond acceptors (Lipinski definition) is 4. The number of halogens is 1. The van der Waals surface area contributed by atoms with Gasteiger partial charge in [-0.25, -0.2) is 4.39 Å².